The lowest BCUT2D eigenvalue weighted by Gasteiger charge is -2.24. The summed E-state index contributed by atoms with van der Waals surface area (Å²) in [5, 5.41) is 22.3. The Morgan fingerprint density at radius 2 is 1.96 bits per heavy atom. The van der Waals surface area contributed by atoms with Gasteiger partial charge in [-0.05, 0) is 30.0 Å². The maximum absolute atomic E-state index is 10.8. The number of ether oxygens (including phenoxy) is 1. The van der Waals surface area contributed by atoms with Crippen LogP contribution in [0.2, 0.25) is 10.0 Å². The SMILES string of the molecule is CC1(Cc2ccccc2)Cc2cc(OCC(=O)O)c(Cl)c(Cl)c2C1=NO. The molecule has 3 rings (SSSR count). The number of rotatable bonds is 5. The molecule has 1 atom stereocenters. The first kappa shape index (κ1) is 18.5. The highest BCUT2D eigenvalue weighted by Crippen LogP contribution is 2.47. The normalized spacial score (nSPS) is 20.2. The molecule has 2 N–H and O–H groups in total. The van der Waals surface area contributed by atoms with Crippen LogP contribution >= 0.6 is 23.2 Å². The largest absolute Gasteiger partial charge is 0.480 e. The first-order valence-corrected chi connectivity index (χ1v) is 8.73. The molecule has 0 spiro atoms. The summed E-state index contributed by atoms with van der Waals surface area (Å²) in [6.45, 7) is 1.48. The molecule has 136 valence electrons. The van der Waals surface area contributed by atoms with Gasteiger partial charge in [-0.25, -0.2) is 4.79 Å². The molecule has 2 aromatic carbocycles. The summed E-state index contributed by atoms with van der Waals surface area (Å²) in [4.78, 5) is 10.8. The second-order valence-corrected chi connectivity index (χ2v) is 7.32. The van der Waals surface area contributed by atoms with Crippen molar-refractivity contribution >= 4 is 34.9 Å². The summed E-state index contributed by atoms with van der Waals surface area (Å²) < 4.78 is 5.24. The van der Waals surface area contributed by atoms with Crippen LogP contribution in [-0.2, 0) is 17.6 Å². The van der Waals surface area contributed by atoms with E-state index in [2.05, 4.69) is 5.16 Å². The highest BCUT2D eigenvalue weighted by atomic mass is 35.5. The Balaban J connectivity index is 2.01. The summed E-state index contributed by atoms with van der Waals surface area (Å²) in [7, 11) is 0. The van der Waals surface area contributed by atoms with Gasteiger partial charge in [-0.15, -0.1) is 0 Å². The van der Waals surface area contributed by atoms with E-state index >= 15 is 0 Å². The van der Waals surface area contributed by atoms with E-state index in [4.69, 9.17) is 33.0 Å². The summed E-state index contributed by atoms with van der Waals surface area (Å²) in [6.07, 6.45) is 1.22. The molecule has 0 bridgehead atoms. The molecule has 0 fully saturated rings. The van der Waals surface area contributed by atoms with Gasteiger partial charge in [-0.3, -0.25) is 0 Å². The molecule has 0 aromatic heterocycles. The van der Waals surface area contributed by atoms with Crippen LogP contribution in [0.25, 0.3) is 0 Å². The molecule has 0 radical (unpaired) electrons. The lowest BCUT2D eigenvalue weighted by atomic mass is 9.79. The molecule has 0 saturated carbocycles. The van der Waals surface area contributed by atoms with Crippen molar-refractivity contribution in [1.29, 1.82) is 0 Å². The van der Waals surface area contributed by atoms with Crippen LogP contribution < -0.4 is 4.74 Å². The second kappa shape index (κ2) is 7.17. The van der Waals surface area contributed by atoms with Crippen LogP contribution in [0.1, 0.15) is 23.6 Å². The van der Waals surface area contributed by atoms with Gasteiger partial charge >= 0.3 is 5.97 Å². The van der Waals surface area contributed by atoms with Crippen LogP contribution in [0.15, 0.2) is 41.6 Å². The van der Waals surface area contributed by atoms with Crippen LogP contribution in [-0.4, -0.2) is 28.6 Å². The average Bonchev–Trinajstić information content (AvgIpc) is 2.88. The Morgan fingerprint density at radius 3 is 2.58 bits per heavy atom. The predicted molar refractivity (Wildman–Crippen MR) is 99.9 cm³/mol. The van der Waals surface area contributed by atoms with E-state index in [0.29, 0.717) is 24.1 Å². The van der Waals surface area contributed by atoms with Gasteiger partial charge in [0.05, 0.1) is 10.7 Å². The number of fused-ring (bicyclic) bond motifs is 1. The van der Waals surface area contributed by atoms with Crippen molar-refractivity contribution in [3.8, 4) is 5.75 Å². The first-order chi connectivity index (χ1) is 12.4. The highest BCUT2D eigenvalue weighted by molar-refractivity contribution is 6.45. The van der Waals surface area contributed by atoms with Gasteiger partial charge in [-0.1, -0.05) is 65.6 Å². The number of oxime groups is 1. The van der Waals surface area contributed by atoms with Crippen LogP contribution in [0.3, 0.4) is 0 Å². The van der Waals surface area contributed by atoms with E-state index in [1.54, 1.807) is 6.07 Å². The van der Waals surface area contributed by atoms with Gasteiger partial charge in [0.15, 0.2) is 6.61 Å². The Hall–Kier alpha value is -2.24. The minimum Gasteiger partial charge on any atom is -0.480 e. The lowest BCUT2D eigenvalue weighted by molar-refractivity contribution is -0.139. The van der Waals surface area contributed by atoms with Crippen molar-refractivity contribution in [2.75, 3.05) is 6.61 Å². The van der Waals surface area contributed by atoms with Gasteiger partial charge in [0.1, 0.15) is 10.8 Å². The fraction of sp³-hybridized carbons (Fsp3) is 0.263. The van der Waals surface area contributed by atoms with Crippen LogP contribution in [0.5, 0.6) is 5.75 Å². The summed E-state index contributed by atoms with van der Waals surface area (Å²) in [5.74, 6) is -0.900. The summed E-state index contributed by atoms with van der Waals surface area (Å²) in [6, 6.07) is 11.6. The molecule has 0 aliphatic heterocycles. The molecule has 0 amide bonds. The lowest BCUT2D eigenvalue weighted by Crippen LogP contribution is -2.27. The Bertz CT molecular complexity index is 883. The van der Waals surface area contributed by atoms with E-state index in [0.717, 1.165) is 11.1 Å². The van der Waals surface area contributed by atoms with E-state index in [9.17, 15) is 10.0 Å². The number of hydrogen-bond donors (Lipinski definition) is 2. The molecule has 26 heavy (non-hydrogen) atoms. The molecular formula is C19H17Cl2NO4. The predicted octanol–water partition coefficient (Wildman–Crippen LogP) is 4.44. The molecule has 0 heterocycles. The summed E-state index contributed by atoms with van der Waals surface area (Å²) >= 11 is 12.7. The Labute approximate surface area is 160 Å². The van der Waals surface area contributed by atoms with Crippen molar-refractivity contribution < 1.29 is 19.8 Å². The van der Waals surface area contributed by atoms with E-state index in [-0.39, 0.29) is 15.8 Å². The number of hydrogen-bond acceptors (Lipinski definition) is 4. The van der Waals surface area contributed by atoms with Crippen molar-refractivity contribution in [2.24, 2.45) is 10.6 Å². The van der Waals surface area contributed by atoms with Gasteiger partial charge in [0.25, 0.3) is 0 Å². The highest BCUT2D eigenvalue weighted by Gasteiger charge is 2.42. The zero-order valence-electron chi connectivity index (χ0n) is 14.0. The van der Waals surface area contributed by atoms with Crippen LogP contribution in [0.4, 0.5) is 0 Å². The molecule has 2 aromatic rings. The van der Waals surface area contributed by atoms with E-state index in [1.165, 1.54) is 0 Å². The van der Waals surface area contributed by atoms with E-state index in [1.807, 2.05) is 37.3 Å². The minimum atomic E-state index is -1.11. The number of benzene rings is 2. The summed E-state index contributed by atoms with van der Waals surface area (Å²) in [5.41, 5.74) is 2.49. The third-order valence-electron chi connectivity index (χ3n) is 4.53. The number of aliphatic carboxylic acids is 1. The maximum atomic E-state index is 10.8. The smallest absolute Gasteiger partial charge is 0.341 e. The van der Waals surface area contributed by atoms with Gasteiger partial charge in [-0.2, -0.15) is 0 Å². The number of nitrogens with zero attached hydrogens (tertiary/aromatic N) is 1. The fourth-order valence-corrected chi connectivity index (χ4v) is 3.97. The Kier molecular flexibility index (Phi) is 5.12. The molecule has 5 nitrogen and oxygen atoms in total. The maximum Gasteiger partial charge on any atom is 0.341 e. The number of carboxylic acids is 1. The van der Waals surface area contributed by atoms with Gasteiger partial charge in [0.2, 0.25) is 0 Å². The van der Waals surface area contributed by atoms with Crippen molar-refractivity contribution in [2.45, 2.75) is 19.8 Å². The molecule has 1 unspecified atom stereocenters. The zero-order chi connectivity index (χ0) is 18.9. The van der Waals surface area contributed by atoms with Crippen molar-refractivity contribution in [3.05, 3.63) is 63.1 Å². The van der Waals surface area contributed by atoms with Gasteiger partial charge < -0.3 is 15.1 Å². The Morgan fingerprint density at radius 1 is 1.27 bits per heavy atom. The van der Waals surface area contributed by atoms with Crippen molar-refractivity contribution in [1.82, 2.24) is 0 Å². The average molecular weight is 394 g/mol. The first-order valence-electron chi connectivity index (χ1n) is 7.98. The standard InChI is InChI=1S/C19H17Cl2NO4/c1-19(8-11-5-3-2-4-6-11)9-12-7-13(26-10-14(23)24)16(20)17(21)15(12)18(19)22-25/h2-7,25H,8-10H2,1H3,(H,23,24). The fourth-order valence-electron chi connectivity index (χ4n) is 3.46. The topological polar surface area (TPSA) is 79.1 Å². The van der Waals surface area contributed by atoms with Gasteiger partial charge in [0, 0.05) is 11.0 Å². The third-order valence-corrected chi connectivity index (χ3v) is 5.38. The molecular weight excluding hydrogens is 377 g/mol. The van der Waals surface area contributed by atoms with Crippen LogP contribution in [0, 0.1) is 5.41 Å². The number of halogens is 2. The monoisotopic (exact) mass is 393 g/mol. The van der Waals surface area contributed by atoms with E-state index < -0.39 is 18.0 Å². The third kappa shape index (κ3) is 3.37. The molecule has 0 saturated heterocycles. The second-order valence-electron chi connectivity index (χ2n) is 6.57. The zero-order valence-corrected chi connectivity index (χ0v) is 15.5. The number of carbonyl (C=O) groups is 1. The number of carboxylic acid groups (broad SMARTS) is 1. The molecule has 1 aliphatic rings. The quantitative estimate of drug-likeness (QED) is 0.581. The molecule has 1 aliphatic carbocycles. The minimum absolute atomic E-state index is 0.108. The van der Waals surface area contributed by atoms with Crippen molar-refractivity contribution in [3.63, 3.8) is 0 Å². The molecule has 7 heteroatoms.